The largest absolute Gasteiger partial charge is 0.464 e. The third-order valence-electron chi connectivity index (χ3n) is 6.66. The number of hydrogen-bond donors (Lipinski definition) is 0. The van der Waals surface area contributed by atoms with Gasteiger partial charge in [-0.3, -0.25) is 19.3 Å². The number of likely N-dealkylation sites (tertiary alicyclic amines) is 2. The number of furan rings is 1. The molecule has 3 aliphatic rings. The number of carbonyl (C=O) groups is 3. The zero-order valence-corrected chi connectivity index (χ0v) is 16.7. The van der Waals surface area contributed by atoms with E-state index in [1.165, 1.54) is 4.90 Å². The molecule has 0 unspecified atom stereocenters. The Labute approximate surface area is 166 Å². The smallest absolute Gasteiger partial charge is 0.243 e. The maximum absolute atomic E-state index is 13.2. The van der Waals surface area contributed by atoms with Crippen LogP contribution in [0.1, 0.15) is 75.9 Å². The standard InChI is InChI=1S/C22H30N2O4/c1-2-15-11-12-19(28-15)18-10-4-3-7-13-23(18)20(25)14-24-21(26)16-8-5-6-9-17(16)22(24)27/h11-12,16-18H,2-10,13-14H2,1H3/t16-,17+,18-/m1/s1. The highest BCUT2D eigenvalue weighted by atomic mass is 16.3. The van der Waals surface area contributed by atoms with E-state index in [1.807, 2.05) is 24.0 Å². The molecule has 1 aromatic heterocycles. The van der Waals surface area contributed by atoms with Gasteiger partial charge in [0.15, 0.2) is 0 Å². The summed E-state index contributed by atoms with van der Waals surface area (Å²) < 4.78 is 5.96. The average Bonchev–Trinajstić information content (AvgIpc) is 3.17. The van der Waals surface area contributed by atoms with Crippen LogP contribution in [0.15, 0.2) is 16.5 Å². The molecule has 4 rings (SSSR count). The summed E-state index contributed by atoms with van der Waals surface area (Å²) in [5.41, 5.74) is 0. The van der Waals surface area contributed by atoms with Crippen LogP contribution in [0, 0.1) is 11.8 Å². The maximum atomic E-state index is 13.2. The lowest BCUT2D eigenvalue weighted by Crippen LogP contribution is -2.44. The third-order valence-corrected chi connectivity index (χ3v) is 6.66. The van der Waals surface area contributed by atoms with Gasteiger partial charge in [-0.2, -0.15) is 0 Å². The topological polar surface area (TPSA) is 70.8 Å². The maximum Gasteiger partial charge on any atom is 0.243 e. The summed E-state index contributed by atoms with van der Waals surface area (Å²) in [6.07, 6.45) is 8.28. The van der Waals surface area contributed by atoms with E-state index < -0.39 is 0 Å². The minimum Gasteiger partial charge on any atom is -0.464 e. The molecule has 2 saturated heterocycles. The molecule has 3 fully saturated rings. The van der Waals surface area contributed by atoms with Gasteiger partial charge in [-0.05, 0) is 37.8 Å². The molecule has 152 valence electrons. The monoisotopic (exact) mass is 386 g/mol. The number of rotatable bonds is 4. The molecule has 0 N–H and O–H groups in total. The lowest BCUT2D eigenvalue weighted by molar-refractivity contribution is -0.147. The second-order valence-electron chi connectivity index (χ2n) is 8.37. The molecular formula is C22H30N2O4. The first-order valence-electron chi connectivity index (χ1n) is 10.8. The zero-order valence-electron chi connectivity index (χ0n) is 16.7. The molecule has 0 aromatic carbocycles. The summed E-state index contributed by atoms with van der Waals surface area (Å²) in [5.74, 6) is 0.917. The van der Waals surface area contributed by atoms with Gasteiger partial charge in [0.2, 0.25) is 17.7 Å². The van der Waals surface area contributed by atoms with Crippen molar-refractivity contribution in [2.75, 3.05) is 13.1 Å². The molecule has 0 spiro atoms. The summed E-state index contributed by atoms with van der Waals surface area (Å²) in [5, 5.41) is 0. The molecule has 1 saturated carbocycles. The molecule has 3 amide bonds. The van der Waals surface area contributed by atoms with Gasteiger partial charge in [-0.15, -0.1) is 0 Å². The van der Waals surface area contributed by atoms with Crippen LogP contribution < -0.4 is 0 Å². The fourth-order valence-corrected chi connectivity index (χ4v) is 5.08. The Balaban J connectivity index is 1.51. The van der Waals surface area contributed by atoms with Gasteiger partial charge in [-0.25, -0.2) is 0 Å². The van der Waals surface area contributed by atoms with Crippen molar-refractivity contribution in [1.29, 1.82) is 0 Å². The molecule has 0 bridgehead atoms. The summed E-state index contributed by atoms with van der Waals surface area (Å²) in [4.78, 5) is 41.8. The fourth-order valence-electron chi connectivity index (χ4n) is 5.08. The molecule has 0 radical (unpaired) electrons. The average molecular weight is 386 g/mol. The van der Waals surface area contributed by atoms with E-state index >= 15 is 0 Å². The Bertz CT molecular complexity index is 731. The van der Waals surface area contributed by atoms with Crippen LogP contribution in [-0.4, -0.2) is 40.6 Å². The number of carbonyl (C=O) groups excluding carboxylic acids is 3. The van der Waals surface area contributed by atoms with Crippen molar-refractivity contribution in [1.82, 2.24) is 9.80 Å². The van der Waals surface area contributed by atoms with Crippen molar-refractivity contribution in [2.24, 2.45) is 11.8 Å². The first kappa shape index (κ1) is 19.2. The van der Waals surface area contributed by atoms with Crippen LogP contribution in [0.4, 0.5) is 0 Å². The number of aryl methyl sites for hydroxylation is 1. The number of nitrogens with zero attached hydrogens (tertiary/aromatic N) is 2. The van der Waals surface area contributed by atoms with Gasteiger partial charge in [0.25, 0.3) is 0 Å². The number of hydrogen-bond acceptors (Lipinski definition) is 4. The van der Waals surface area contributed by atoms with Crippen LogP contribution in [0.3, 0.4) is 0 Å². The van der Waals surface area contributed by atoms with E-state index in [1.54, 1.807) is 0 Å². The molecule has 6 heteroatoms. The Kier molecular flexibility index (Phi) is 5.56. The SMILES string of the molecule is CCc1ccc([C@H]2CCCCCN2C(=O)CN2C(=O)[C@H]3CCCC[C@H]3C2=O)o1. The van der Waals surface area contributed by atoms with Gasteiger partial charge in [-0.1, -0.05) is 32.6 Å². The Morgan fingerprint density at radius 2 is 1.68 bits per heavy atom. The molecule has 2 aliphatic heterocycles. The number of amides is 3. The molecule has 3 atom stereocenters. The first-order valence-corrected chi connectivity index (χ1v) is 10.8. The molecule has 6 nitrogen and oxygen atoms in total. The van der Waals surface area contributed by atoms with E-state index in [0.717, 1.165) is 69.3 Å². The Morgan fingerprint density at radius 1 is 1.00 bits per heavy atom. The highest BCUT2D eigenvalue weighted by Gasteiger charge is 2.49. The van der Waals surface area contributed by atoms with Crippen molar-refractivity contribution in [2.45, 2.75) is 70.8 Å². The van der Waals surface area contributed by atoms with E-state index in [4.69, 9.17) is 4.42 Å². The first-order chi connectivity index (χ1) is 13.6. The van der Waals surface area contributed by atoms with Gasteiger partial charge in [0, 0.05) is 13.0 Å². The quantitative estimate of drug-likeness (QED) is 0.743. The number of fused-ring (bicyclic) bond motifs is 1. The van der Waals surface area contributed by atoms with Crippen LogP contribution in [-0.2, 0) is 20.8 Å². The van der Waals surface area contributed by atoms with Gasteiger partial charge < -0.3 is 9.32 Å². The van der Waals surface area contributed by atoms with Crippen molar-refractivity contribution in [3.8, 4) is 0 Å². The van der Waals surface area contributed by atoms with E-state index in [2.05, 4.69) is 0 Å². The molecule has 3 heterocycles. The minimum atomic E-state index is -0.203. The summed E-state index contributed by atoms with van der Waals surface area (Å²) in [6.45, 7) is 2.57. The lowest BCUT2D eigenvalue weighted by atomic mass is 9.81. The van der Waals surface area contributed by atoms with Crippen molar-refractivity contribution in [3.63, 3.8) is 0 Å². The molecule has 28 heavy (non-hydrogen) atoms. The van der Waals surface area contributed by atoms with Crippen molar-refractivity contribution < 1.29 is 18.8 Å². The van der Waals surface area contributed by atoms with Gasteiger partial charge in [0.05, 0.1) is 17.9 Å². The van der Waals surface area contributed by atoms with Crippen molar-refractivity contribution >= 4 is 17.7 Å². The number of imide groups is 1. The highest BCUT2D eigenvalue weighted by Crippen LogP contribution is 2.38. The Hall–Kier alpha value is -2.11. The molecule has 1 aromatic rings. The van der Waals surface area contributed by atoms with Crippen molar-refractivity contribution in [3.05, 3.63) is 23.7 Å². The van der Waals surface area contributed by atoms with Crippen LogP contribution in [0.2, 0.25) is 0 Å². The van der Waals surface area contributed by atoms with E-state index in [-0.39, 0.29) is 42.1 Å². The van der Waals surface area contributed by atoms with Crippen LogP contribution in [0.25, 0.3) is 0 Å². The van der Waals surface area contributed by atoms with Gasteiger partial charge in [0.1, 0.15) is 18.1 Å². The second kappa shape index (κ2) is 8.10. The zero-order chi connectivity index (χ0) is 19.7. The summed E-state index contributed by atoms with van der Waals surface area (Å²) in [7, 11) is 0. The normalized spacial score (nSPS) is 28.4. The summed E-state index contributed by atoms with van der Waals surface area (Å²) >= 11 is 0. The molecular weight excluding hydrogens is 356 g/mol. The van der Waals surface area contributed by atoms with Gasteiger partial charge >= 0.3 is 0 Å². The predicted molar refractivity (Wildman–Crippen MR) is 103 cm³/mol. The van der Waals surface area contributed by atoms with E-state index in [9.17, 15) is 14.4 Å². The highest BCUT2D eigenvalue weighted by molar-refractivity contribution is 6.07. The Morgan fingerprint density at radius 3 is 2.32 bits per heavy atom. The van der Waals surface area contributed by atoms with Crippen LogP contribution >= 0.6 is 0 Å². The summed E-state index contributed by atoms with van der Waals surface area (Å²) in [6, 6.07) is 3.84. The van der Waals surface area contributed by atoms with Crippen LogP contribution in [0.5, 0.6) is 0 Å². The minimum absolute atomic E-state index is 0.106. The predicted octanol–water partition coefficient (Wildman–Crippen LogP) is 3.46. The lowest BCUT2D eigenvalue weighted by Gasteiger charge is -2.30. The fraction of sp³-hybridized carbons (Fsp3) is 0.682. The van der Waals surface area contributed by atoms with E-state index in [0.29, 0.717) is 6.54 Å². The molecule has 1 aliphatic carbocycles. The third kappa shape index (κ3) is 3.49. The second-order valence-corrected chi connectivity index (χ2v) is 8.37.